The summed E-state index contributed by atoms with van der Waals surface area (Å²) in [5.41, 5.74) is 9.49. The number of guanidine groups is 1. The zero-order valence-electron chi connectivity index (χ0n) is 15.0. The largest absolute Gasteiger partial charge is 0.383 e. The molecule has 1 saturated heterocycles. The standard InChI is InChI=1S/C18H30N4O.HI/c1-14-10-15(2)12-17(11-14)21-18(19)20-13-16-4-6-22(7-5-16)8-9-23-3;/h10-12,16H,4-9,13H2,1-3H3,(H3,19,20,21);1H. The van der Waals surface area contributed by atoms with Gasteiger partial charge in [-0.05, 0) is 69.0 Å². The molecule has 0 spiro atoms. The predicted octanol–water partition coefficient (Wildman–Crippen LogP) is 3.01. The van der Waals surface area contributed by atoms with E-state index in [0.29, 0.717) is 11.9 Å². The molecule has 0 aliphatic carbocycles. The Morgan fingerprint density at radius 3 is 2.46 bits per heavy atom. The van der Waals surface area contributed by atoms with E-state index in [2.05, 4.69) is 47.3 Å². The highest BCUT2D eigenvalue weighted by atomic mass is 127. The molecule has 1 fully saturated rings. The lowest BCUT2D eigenvalue weighted by Crippen LogP contribution is -2.37. The second kappa shape index (κ2) is 10.9. The van der Waals surface area contributed by atoms with Crippen LogP contribution in [0.1, 0.15) is 24.0 Å². The van der Waals surface area contributed by atoms with Crippen LogP contribution in [0.3, 0.4) is 0 Å². The highest BCUT2D eigenvalue weighted by Crippen LogP contribution is 2.17. The number of ether oxygens (including phenoxy) is 1. The van der Waals surface area contributed by atoms with Gasteiger partial charge in [-0.25, -0.2) is 0 Å². The van der Waals surface area contributed by atoms with E-state index in [9.17, 15) is 0 Å². The number of rotatable bonds is 6. The Kier molecular flexibility index (Phi) is 9.61. The molecule has 5 nitrogen and oxygen atoms in total. The number of aryl methyl sites for hydroxylation is 2. The van der Waals surface area contributed by atoms with Crippen LogP contribution in [0.25, 0.3) is 0 Å². The summed E-state index contributed by atoms with van der Waals surface area (Å²) in [4.78, 5) is 6.99. The van der Waals surface area contributed by atoms with Crippen LogP contribution in [0, 0.1) is 19.8 Å². The van der Waals surface area contributed by atoms with Crippen LogP contribution in [-0.4, -0.2) is 50.8 Å². The molecule has 1 heterocycles. The highest BCUT2D eigenvalue weighted by Gasteiger charge is 2.18. The van der Waals surface area contributed by atoms with Crippen LogP contribution in [0.15, 0.2) is 23.2 Å². The van der Waals surface area contributed by atoms with Gasteiger partial charge in [0.05, 0.1) is 6.61 Å². The molecule has 0 bridgehead atoms. The third-order valence-corrected chi connectivity index (χ3v) is 4.33. The fourth-order valence-electron chi connectivity index (χ4n) is 3.07. The second-order valence-electron chi connectivity index (χ2n) is 6.51. The van der Waals surface area contributed by atoms with E-state index in [1.54, 1.807) is 7.11 Å². The summed E-state index contributed by atoms with van der Waals surface area (Å²) < 4.78 is 5.14. The summed E-state index contributed by atoms with van der Waals surface area (Å²) in [6.45, 7) is 9.09. The molecule has 1 aliphatic heterocycles. The van der Waals surface area contributed by atoms with Gasteiger partial charge in [-0.2, -0.15) is 0 Å². The molecule has 136 valence electrons. The first-order chi connectivity index (χ1) is 11.1. The molecular formula is C18H31IN4O. The Morgan fingerprint density at radius 2 is 1.88 bits per heavy atom. The molecule has 3 N–H and O–H groups in total. The fraction of sp³-hybridized carbons (Fsp3) is 0.611. The number of anilines is 1. The minimum Gasteiger partial charge on any atom is -0.383 e. The molecular weight excluding hydrogens is 415 g/mol. The smallest absolute Gasteiger partial charge is 0.193 e. The van der Waals surface area contributed by atoms with Gasteiger partial charge in [-0.1, -0.05) is 6.07 Å². The van der Waals surface area contributed by atoms with Gasteiger partial charge < -0.3 is 20.7 Å². The number of aliphatic imine (C=N–C) groups is 1. The van der Waals surface area contributed by atoms with E-state index in [-0.39, 0.29) is 24.0 Å². The summed E-state index contributed by atoms with van der Waals surface area (Å²) >= 11 is 0. The normalized spacial score (nSPS) is 16.7. The third kappa shape index (κ3) is 7.36. The molecule has 1 aromatic carbocycles. The maximum atomic E-state index is 6.03. The molecule has 0 atom stereocenters. The summed E-state index contributed by atoms with van der Waals surface area (Å²) in [5.74, 6) is 1.14. The van der Waals surface area contributed by atoms with Crippen LogP contribution in [0.4, 0.5) is 5.69 Å². The van der Waals surface area contributed by atoms with Crippen molar-refractivity contribution in [3.8, 4) is 0 Å². The van der Waals surface area contributed by atoms with Gasteiger partial charge >= 0.3 is 0 Å². The maximum Gasteiger partial charge on any atom is 0.193 e. The Labute approximate surface area is 163 Å². The number of benzene rings is 1. The lowest BCUT2D eigenvalue weighted by atomic mass is 9.97. The minimum absolute atomic E-state index is 0. The Morgan fingerprint density at radius 1 is 1.25 bits per heavy atom. The van der Waals surface area contributed by atoms with Crippen molar-refractivity contribution in [2.75, 3.05) is 45.2 Å². The number of nitrogens with zero attached hydrogens (tertiary/aromatic N) is 2. The zero-order valence-corrected chi connectivity index (χ0v) is 17.4. The van der Waals surface area contributed by atoms with Gasteiger partial charge in [0.2, 0.25) is 0 Å². The van der Waals surface area contributed by atoms with Gasteiger partial charge in [-0.3, -0.25) is 4.99 Å². The fourth-order valence-corrected chi connectivity index (χ4v) is 3.07. The van der Waals surface area contributed by atoms with Crippen molar-refractivity contribution in [2.24, 2.45) is 16.6 Å². The van der Waals surface area contributed by atoms with Gasteiger partial charge in [0.1, 0.15) is 0 Å². The van der Waals surface area contributed by atoms with Crippen LogP contribution >= 0.6 is 24.0 Å². The van der Waals surface area contributed by atoms with Gasteiger partial charge in [0.15, 0.2) is 5.96 Å². The molecule has 0 radical (unpaired) electrons. The second-order valence-corrected chi connectivity index (χ2v) is 6.51. The Hall–Kier alpha value is -0.860. The summed E-state index contributed by atoms with van der Waals surface area (Å²) in [5, 5.41) is 3.20. The molecule has 24 heavy (non-hydrogen) atoms. The van der Waals surface area contributed by atoms with Gasteiger partial charge in [0, 0.05) is 25.9 Å². The van der Waals surface area contributed by atoms with Gasteiger partial charge in [0.25, 0.3) is 0 Å². The number of hydrogen-bond donors (Lipinski definition) is 2. The Bertz CT molecular complexity index is 508. The van der Waals surface area contributed by atoms with Crippen molar-refractivity contribution in [3.63, 3.8) is 0 Å². The van der Waals surface area contributed by atoms with Crippen molar-refractivity contribution in [1.29, 1.82) is 0 Å². The first-order valence-corrected chi connectivity index (χ1v) is 8.43. The molecule has 2 rings (SSSR count). The molecule has 1 aromatic rings. The summed E-state index contributed by atoms with van der Waals surface area (Å²) in [6, 6.07) is 6.32. The van der Waals surface area contributed by atoms with E-state index in [0.717, 1.165) is 38.5 Å². The molecule has 0 amide bonds. The molecule has 6 heteroatoms. The number of halogens is 1. The topological polar surface area (TPSA) is 62.9 Å². The van der Waals surface area contributed by atoms with E-state index in [1.165, 1.54) is 24.0 Å². The lowest BCUT2D eigenvalue weighted by Gasteiger charge is -2.30. The number of likely N-dealkylation sites (tertiary alicyclic amines) is 1. The van der Waals surface area contributed by atoms with Crippen molar-refractivity contribution >= 4 is 35.6 Å². The number of piperidine rings is 1. The number of methoxy groups -OCH3 is 1. The third-order valence-electron chi connectivity index (χ3n) is 4.33. The average molecular weight is 446 g/mol. The van der Waals surface area contributed by atoms with E-state index >= 15 is 0 Å². The summed E-state index contributed by atoms with van der Waals surface area (Å²) in [7, 11) is 1.76. The quantitative estimate of drug-likeness (QED) is 0.401. The molecule has 0 unspecified atom stereocenters. The molecule has 0 saturated carbocycles. The van der Waals surface area contributed by atoms with Crippen molar-refractivity contribution in [1.82, 2.24) is 4.90 Å². The monoisotopic (exact) mass is 446 g/mol. The minimum atomic E-state index is 0. The van der Waals surface area contributed by atoms with Crippen LogP contribution in [0.5, 0.6) is 0 Å². The van der Waals surface area contributed by atoms with Crippen LogP contribution in [-0.2, 0) is 4.74 Å². The summed E-state index contributed by atoms with van der Waals surface area (Å²) in [6.07, 6.45) is 2.37. The first-order valence-electron chi connectivity index (χ1n) is 8.43. The van der Waals surface area contributed by atoms with Crippen molar-refractivity contribution in [2.45, 2.75) is 26.7 Å². The van der Waals surface area contributed by atoms with E-state index < -0.39 is 0 Å². The predicted molar refractivity (Wildman–Crippen MR) is 112 cm³/mol. The van der Waals surface area contributed by atoms with E-state index in [4.69, 9.17) is 10.5 Å². The average Bonchev–Trinajstić information content (AvgIpc) is 2.51. The molecule has 0 aromatic heterocycles. The lowest BCUT2D eigenvalue weighted by molar-refractivity contribution is 0.121. The maximum absolute atomic E-state index is 6.03. The van der Waals surface area contributed by atoms with Gasteiger partial charge in [-0.15, -0.1) is 24.0 Å². The number of hydrogen-bond acceptors (Lipinski definition) is 3. The highest BCUT2D eigenvalue weighted by molar-refractivity contribution is 14.0. The first kappa shape index (κ1) is 21.2. The number of nitrogens with two attached hydrogens (primary N) is 1. The van der Waals surface area contributed by atoms with Crippen molar-refractivity contribution in [3.05, 3.63) is 29.3 Å². The molecule has 1 aliphatic rings. The van der Waals surface area contributed by atoms with Crippen LogP contribution < -0.4 is 11.1 Å². The Balaban J connectivity index is 0.00000288. The van der Waals surface area contributed by atoms with Crippen LogP contribution in [0.2, 0.25) is 0 Å². The number of nitrogens with one attached hydrogen (secondary N) is 1. The zero-order chi connectivity index (χ0) is 16.7. The SMILES string of the molecule is COCCN1CCC(CN=C(N)Nc2cc(C)cc(C)c2)CC1.I. The van der Waals surface area contributed by atoms with E-state index in [1.807, 2.05) is 0 Å². The van der Waals surface area contributed by atoms with Crippen molar-refractivity contribution < 1.29 is 4.74 Å².